The number of nitrogens with zero attached hydrogens (tertiary/aromatic N) is 3. The van der Waals surface area contributed by atoms with E-state index in [0.29, 0.717) is 12.5 Å². The van der Waals surface area contributed by atoms with Gasteiger partial charge in [-0.05, 0) is 6.54 Å². The molecule has 4 N–H and O–H groups in total. The minimum absolute atomic E-state index is 0.301. The summed E-state index contributed by atoms with van der Waals surface area (Å²) < 4.78 is 0. The van der Waals surface area contributed by atoms with Crippen LogP contribution in [0, 0.1) is 0 Å². The van der Waals surface area contributed by atoms with Gasteiger partial charge in [0.1, 0.15) is 5.82 Å². The summed E-state index contributed by atoms with van der Waals surface area (Å²) in [6.07, 6.45) is 0.730. The van der Waals surface area contributed by atoms with Crippen molar-refractivity contribution in [3.63, 3.8) is 0 Å². The van der Waals surface area contributed by atoms with Crippen LogP contribution in [-0.2, 0) is 6.42 Å². The van der Waals surface area contributed by atoms with Gasteiger partial charge in [0.25, 0.3) is 0 Å². The second-order valence-electron chi connectivity index (χ2n) is 3.01. The van der Waals surface area contributed by atoms with E-state index in [1.807, 2.05) is 25.1 Å². The summed E-state index contributed by atoms with van der Waals surface area (Å²) in [5.74, 6) is 1.12. The number of nitrogens with two attached hydrogens (primary N) is 2. The van der Waals surface area contributed by atoms with E-state index in [9.17, 15) is 0 Å². The van der Waals surface area contributed by atoms with Gasteiger partial charge in [-0.1, -0.05) is 0 Å². The normalized spacial score (nSPS) is 10.1. The SMILES string of the molecule is CN(C)c1cc(CCN)nc(N)n1. The highest BCUT2D eigenvalue weighted by molar-refractivity contribution is 5.41. The lowest BCUT2D eigenvalue weighted by molar-refractivity contribution is 0.906. The van der Waals surface area contributed by atoms with Gasteiger partial charge in [-0.2, -0.15) is 4.98 Å². The molecule has 0 saturated carbocycles. The van der Waals surface area contributed by atoms with Gasteiger partial charge < -0.3 is 16.4 Å². The van der Waals surface area contributed by atoms with Crippen LogP contribution in [0.25, 0.3) is 0 Å². The molecule has 0 aliphatic carbocycles. The molecule has 0 radical (unpaired) electrons. The van der Waals surface area contributed by atoms with Gasteiger partial charge in [0.05, 0.1) is 0 Å². The Morgan fingerprint density at radius 3 is 2.62 bits per heavy atom. The van der Waals surface area contributed by atoms with E-state index in [2.05, 4.69) is 9.97 Å². The molecule has 1 aromatic heterocycles. The van der Waals surface area contributed by atoms with E-state index in [0.717, 1.165) is 17.9 Å². The molecule has 1 rings (SSSR count). The highest BCUT2D eigenvalue weighted by Crippen LogP contribution is 2.10. The highest BCUT2D eigenvalue weighted by atomic mass is 15.2. The van der Waals surface area contributed by atoms with Crippen LogP contribution in [-0.4, -0.2) is 30.6 Å². The fourth-order valence-corrected chi connectivity index (χ4v) is 1.01. The third kappa shape index (κ3) is 2.55. The van der Waals surface area contributed by atoms with Crippen LogP contribution in [0.1, 0.15) is 5.69 Å². The van der Waals surface area contributed by atoms with E-state index in [1.54, 1.807) is 0 Å². The predicted molar refractivity (Wildman–Crippen MR) is 53.5 cm³/mol. The molecule has 0 amide bonds. The zero-order valence-corrected chi connectivity index (χ0v) is 7.99. The second kappa shape index (κ2) is 4.04. The van der Waals surface area contributed by atoms with Crippen LogP contribution in [0.4, 0.5) is 11.8 Å². The fraction of sp³-hybridized carbons (Fsp3) is 0.500. The quantitative estimate of drug-likeness (QED) is 0.664. The first-order chi connectivity index (χ1) is 6.13. The van der Waals surface area contributed by atoms with Crippen molar-refractivity contribution in [2.45, 2.75) is 6.42 Å². The molecule has 0 fully saturated rings. The van der Waals surface area contributed by atoms with Gasteiger partial charge in [0.15, 0.2) is 0 Å². The maximum Gasteiger partial charge on any atom is 0.222 e. The molecule has 0 saturated heterocycles. The number of anilines is 2. The molecule has 13 heavy (non-hydrogen) atoms. The molecular formula is C8H15N5. The molecule has 5 heteroatoms. The Hall–Kier alpha value is -1.36. The summed E-state index contributed by atoms with van der Waals surface area (Å²) in [6, 6.07) is 1.89. The Bertz CT molecular complexity index is 284. The molecule has 0 spiro atoms. The minimum atomic E-state index is 0.301. The third-order valence-electron chi connectivity index (χ3n) is 1.64. The third-order valence-corrected chi connectivity index (χ3v) is 1.64. The van der Waals surface area contributed by atoms with Crippen molar-refractivity contribution in [2.24, 2.45) is 5.73 Å². The molecular weight excluding hydrogens is 166 g/mol. The van der Waals surface area contributed by atoms with Gasteiger partial charge in [-0.3, -0.25) is 0 Å². The van der Waals surface area contributed by atoms with Crippen molar-refractivity contribution in [1.82, 2.24) is 9.97 Å². The van der Waals surface area contributed by atoms with Gasteiger partial charge >= 0.3 is 0 Å². The molecule has 72 valence electrons. The Balaban J connectivity index is 2.96. The minimum Gasteiger partial charge on any atom is -0.368 e. The molecule has 0 bridgehead atoms. The molecule has 5 nitrogen and oxygen atoms in total. The van der Waals surface area contributed by atoms with Crippen LogP contribution in [0.3, 0.4) is 0 Å². The first-order valence-electron chi connectivity index (χ1n) is 4.14. The van der Waals surface area contributed by atoms with Crippen molar-refractivity contribution in [3.05, 3.63) is 11.8 Å². The van der Waals surface area contributed by atoms with Gasteiger partial charge in [0.2, 0.25) is 5.95 Å². The number of hydrogen-bond donors (Lipinski definition) is 2. The topological polar surface area (TPSA) is 81.1 Å². The average Bonchev–Trinajstić information content (AvgIpc) is 2.03. The summed E-state index contributed by atoms with van der Waals surface area (Å²) in [4.78, 5) is 10.0. The molecule has 0 aliphatic heterocycles. The number of rotatable bonds is 3. The predicted octanol–water partition coefficient (Wildman–Crippen LogP) is -0.374. The Morgan fingerprint density at radius 2 is 2.08 bits per heavy atom. The van der Waals surface area contributed by atoms with Gasteiger partial charge in [-0.15, -0.1) is 0 Å². The monoisotopic (exact) mass is 181 g/mol. The largest absolute Gasteiger partial charge is 0.368 e. The molecule has 0 aromatic carbocycles. The summed E-state index contributed by atoms with van der Waals surface area (Å²) in [5, 5.41) is 0. The Labute approximate surface area is 77.8 Å². The zero-order chi connectivity index (χ0) is 9.84. The Kier molecular flexibility index (Phi) is 3.02. The maximum atomic E-state index is 5.54. The van der Waals surface area contributed by atoms with E-state index in [1.165, 1.54) is 0 Å². The molecule has 0 atom stereocenters. The lowest BCUT2D eigenvalue weighted by Gasteiger charge is -2.12. The second-order valence-corrected chi connectivity index (χ2v) is 3.01. The average molecular weight is 181 g/mol. The Morgan fingerprint density at radius 1 is 1.38 bits per heavy atom. The smallest absolute Gasteiger partial charge is 0.222 e. The van der Waals surface area contributed by atoms with Crippen molar-refractivity contribution in [2.75, 3.05) is 31.3 Å². The number of hydrogen-bond acceptors (Lipinski definition) is 5. The zero-order valence-electron chi connectivity index (χ0n) is 7.99. The number of nitrogen functional groups attached to an aromatic ring is 1. The van der Waals surface area contributed by atoms with Gasteiger partial charge in [-0.25, -0.2) is 4.98 Å². The van der Waals surface area contributed by atoms with Crippen LogP contribution >= 0.6 is 0 Å². The fourth-order valence-electron chi connectivity index (χ4n) is 1.01. The molecule has 0 aliphatic rings. The van der Waals surface area contributed by atoms with Crippen molar-refractivity contribution < 1.29 is 0 Å². The summed E-state index contributed by atoms with van der Waals surface area (Å²) in [6.45, 7) is 0.573. The molecule has 1 aromatic rings. The standard InChI is InChI=1S/C8H15N5/c1-13(2)7-5-6(3-4-9)11-8(10)12-7/h5H,3-4,9H2,1-2H3,(H2,10,11,12). The molecule has 1 heterocycles. The lowest BCUT2D eigenvalue weighted by Crippen LogP contribution is -2.14. The number of aromatic nitrogens is 2. The van der Waals surface area contributed by atoms with Crippen molar-refractivity contribution in [3.8, 4) is 0 Å². The maximum absolute atomic E-state index is 5.54. The first-order valence-corrected chi connectivity index (χ1v) is 4.14. The van der Waals surface area contributed by atoms with Crippen molar-refractivity contribution in [1.29, 1.82) is 0 Å². The van der Waals surface area contributed by atoms with Crippen LogP contribution in [0.15, 0.2) is 6.07 Å². The lowest BCUT2D eigenvalue weighted by atomic mass is 10.3. The van der Waals surface area contributed by atoms with E-state index in [4.69, 9.17) is 11.5 Å². The van der Waals surface area contributed by atoms with Crippen LogP contribution in [0.5, 0.6) is 0 Å². The van der Waals surface area contributed by atoms with E-state index >= 15 is 0 Å². The summed E-state index contributed by atoms with van der Waals surface area (Å²) >= 11 is 0. The van der Waals surface area contributed by atoms with Gasteiger partial charge in [0, 0.05) is 32.3 Å². The van der Waals surface area contributed by atoms with Crippen LogP contribution < -0.4 is 16.4 Å². The first kappa shape index (κ1) is 9.73. The van der Waals surface area contributed by atoms with Crippen LogP contribution in [0.2, 0.25) is 0 Å². The molecule has 0 unspecified atom stereocenters. The van der Waals surface area contributed by atoms with E-state index < -0.39 is 0 Å². The highest BCUT2D eigenvalue weighted by Gasteiger charge is 2.02. The summed E-state index contributed by atoms with van der Waals surface area (Å²) in [7, 11) is 3.82. The van der Waals surface area contributed by atoms with Crippen molar-refractivity contribution >= 4 is 11.8 Å². The summed E-state index contributed by atoms with van der Waals surface area (Å²) in [5.41, 5.74) is 11.8. The van der Waals surface area contributed by atoms with E-state index in [-0.39, 0.29) is 0 Å².